The van der Waals surface area contributed by atoms with Crippen molar-refractivity contribution in [3.05, 3.63) is 12.2 Å². The number of carboxylic acid groups (broad SMARTS) is 2. The van der Waals surface area contributed by atoms with Crippen LogP contribution in [0.25, 0.3) is 0 Å². The molecule has 0 aliphatic rings. The quantitative estimate of drug-likeness (QED) is 0.0528. The van der Waals surface area contributed by atoms with Gasteiger partial charge in [0.2, 0.25) is 0 Å². The molecule has 0 aliphatic carbocycles. The molecule has 0 amide bonds. The van der Waals surface area contributed by atoms with Gasteiger partial charge in [-0.1, -0.05) is 154 Å². The van der Waals surface area contributed by atoms with Gasteiger partial charge in [-0.3, -0.25) is 9.59 Å². The van der Waals surface area contributed by atoms with Crippen molar-refractivity contribution in [2.45, 2.75) is 194 Å². The number of hydrogen-bond acceptors (Lipinski definition) is 2. The Hall–Kier alpha value is 0.316. The fourth-order valence-corrected chi connectivity index (χ4v) is 4.64. The van der Waals surface area contributed by atoms with Crippen LogP contribution in [-0.2, 0) is 9.59 Å². The first-order valence-electron chi connectivity index (χ1n) is 16.6. The minimum absolute atomic E-state index is 0. The van der Waals surface area contributed by atoms with Crippen molar-refractivity contribution in [3.63, 3.8) is 0 Å². The van der Waals surface area contributed by atoms with Crippen molar-refractivity contribution in [3.8, 4) is 0 Å². The molecule has 0 aromatic heterocycles. The predicted octanol–water partition coefficient (Wildman–Crippen LogP) is 8.78. The summed E-state index contributed by atoms with van der Waals surface area (Å²) in [6.07, 6.45) is 38.5. The third-order valence-electron chi connectivity index (χ3n) is 7.15. The van der Waals surface area contributed by atoms with Crippen LogP contribution in [0.3, 0.4) is 0 Å². The van der Waals surface area contributed by atoms with E-state index >= 15 is 0 Å². The minimum Gasteiger partial charge on any atom is -1.00 e. The van der Waals surface area contributed by atoms with Crippen molar-refractivity contribution in [1.29, 1.82) is 0 Å². The number of rotatable bonds is 29. The Morgan fingerprint density at radius 3 is 0.923 bits per heavy atom. The molecule has 0 saturated carbocycles. The molecule has 2 N–H and O–H groups in total. The van der Waals surface area contributed by atoms with Gasteiger partial charge >= 0.3 is 63.3 Å². The van der Waals surface area contributed by atoms with Gasteiger partial charge in [-0.25, -0.2) is 0 Å². The molecule has 4 nitrogen and oxygen atoms in total. The summed E-state index contributed by atoms with van der Waals surface area (Å²) in [7, 11) is 0. The van der Waals surface area contributed by atoms with Crippen LogP contribution in [0.15, 0.2) is 12.2 Å². The normalized spacial score (nSPS) is 10.7. The number of allylic oxidation sites excluding steroid dienone is 2. The van der Waals surface area contributed by atoms with Crippen molar-refractivity contribution in [2.24, 2.45) is 0 Å². The monoisotopic (exact) mass is 578 g/mol. The first-order chi connectivity index (χ1) is 18.5. The van der Waals surface area contributed by atoms with Gasteiger partial charge in [0.1, 0.15) is 0 Å². The molecular weight excluding hydrogens is 511 g/mol. The van der Waals surface area contributed by atoms with Crippen LogP contribution < -0.4 is 51.4 Å². The maximum absolute atomic E-state index is 10.3. The van der Waals surface area contributed by atoms with Crippen LogP contribution in [0.1, 0.15) is 195 Å². The molecule has 0 aromatic carbocycles. The molecule has 0 unspecified atom stereocenters. The molecule has 0 aliphatic heterocycles. The third kappa shape index (κ3) is 48.4. The standard InChI is InChI=1S/C18H34O2.C16H32O2.K.H/c1-2-3-4-5-6-7-8-9-10-11-12-13-14-15-16-17-18(19)20;1-2-3-4-5-6-7-8-9-10-11-12-13-14-15-16(17)18;;/h9-10H,2-8,11-17H2,1H3,(H,19,20);2-15H2,1H3,(H,17,18);;/q;;+1;-1/b10-9-;;;. The number of hydrogen-bond donors (Lipinski definition) is 2. The summed E-state index contributed by atoms with van der Waals surface area (Å²) >= 11 is 0. The molecule has 0 saturated heterocycles. The van der Waals surface area contributed by atoms with Crippen LogP contribution in [0.5, 0.6) is 0 Å². The van der Waals surface area contributed by atoms with Crippen molar-refractivity contribution < 1.29 is 72.6 Å². The fourth-order valence-electron chi connectivity index (χ4n) is 4.64. The van der Waals surface area contributed by atoms with Gasteiger partial charge in [0.05, 0.1) is 0 Å². The van der Waals surface area contributed by atoms with Gasteiger partial charge in [-0.05, 0) is 38.5 Å². The summed E-state index contributed by atoms with van der Waals surface area (Å²) in [6.45, 7) is 4.52. The topological polar surface area (TPSA) is 74.6 Å². The Kier molecular flexibility index (Phi) is 45.4. The summed E-state index contributed by atoms with van der Waals surface area (Å²) in [5, 5.41) is 17.0. The van der Waals surface area contributed by atoms with Gasteiger partial charge < -0.3 is 11.6 Å². The summed E-state index contributed by atoms with van der Waals surface area (Å²) in [5.41, 5.74) is 0. The van der Waals surface area contributed by atoms with Gasteiger partial charge in [-0.15, -0.1) is 0 Å². The van der Waals surface area contributed by atoms with Gasteiger partial charge in [0.15, 0.2) is 0 Å². The third-order valence-corrected chi connectivity index (χ3v) is 7.15. The Labute approximate surface area is 287 Å². The molecule has 0 bridgehead atoms. The Morgan fingerprint density at radius 2 is 0.667 bits per heavy atom. The number of carboxylic acids is 2. The van der Waals surface area contributed by atoms with E-state index in [9.17, 15) is 9.59 Å². The molecule has 0 aromatic rings. The molecule has 0 heterocycles. The van der Waals surface area contributed by atoms with E-state index in [1.807, 2.05) is 0 Å². The van der Waals surface area contributed by atoms with E-state index in [2.05, 4.69) is 26.0 Å². The summed E-state index contributed by atoms with van der Waals surface area (Å²) in [4.78, 5) is 20.6. The average molecular weight is 579 g/mol. The van der Waals surface area contributed by atoms with E-state index in [1.54, 1.807) is 0 Å². The Morgan fingerprint density at radius 1 is 0.436 bits per heavy atom. The van der Waals surface area contributed by atoms with E-state index in [0.717, 1.165) is 25.7 Å². The van der Waals surface area contributed by atoms with Crippen LogP contribution >= 0.6 is 0 Å². The molecule has 0 atom stereocenters. The van der Waals surface area contributed by atoms with Crippen LogP contribution in [0.4, 0.5) is 0 Å². The first kappa shape index (κ1) is 43.8. The van der Waals surface area contributed by atoms with E-state index in [0.29, 0.717) is 12.8 Å². The second-order valence-corrected chi connectivity index (χ2v) is 11.1. The van der Waals surface area contributed by atoms with Gasteiger partial charge in [-0.2, -0.15) is 0 Å². The van der Waals surface area contributed by atoms with Gasteiger partial charge in [0.25, 0.3) is 0 Å². The average Bonchev–Trinajstić information content (AvgIpc) is 2.89. The maximum Gasteiger partial charge on any atom is 1.00 e. The molecule has 0 rings (SSSR count). The smallest absolute Gasteiger partial charge is 1.00 e. The zero-order valence-corrected chi connectivity index (χ0v) is 29.8. The van der Waals surface area contributed by atoms with Crippen molar-refractivity contribution in [1.82, 2.24) is 0 Å². The van der Waals surface area contributed by atoms with E-state index in [-0.39, 0.29) is 52.8 Å². The summed E-state index contributed by atoms with van der Waals surface area (Å²) in [6, 6.07) is 0. The van der Waals surface area contributed by atoms with Gasteiger partial charge in [0, 0.05) is 12.8 Å². The number of aliphatic carboxylic acids is 2. The number of unbranched alkanes of at least 4 members (excludes halogenated alkanes) is 23. The van der Waals surface area contributed by atoms with E-state index < -0.39 is 11.9 Å². The zero-order valence-electron chi connectivity index (χ0n) is 27.7. The molecule has 0 fully saturated rings. The zero-order chi connectivity index (χ0) is 28.4. The predicted molar refractivity (Wildman–Crippen MR) is 166 cm³/mol. The molecule has 5 heteroatoms. The van der Waals surface area contributed by atoms with Crippen molar-refractivity contribution in [2.75, 3.05) is 0 Å². The van der Waals surface area contributed by atoms with E-state index in [1.165, 1.54) is 141 Å². The molecular formula is C34H67KO4. The summed E-state index contributed by atoms with van der Waals surface area (Å²) in [5.74, 6) is -1.32. The molecule has 228 valence electrons. The fraction of sp³-hybridized carbons (Fsp3) is 0.882. The Balaban J connectivity index is -0.000000310. The summed E-state index contributed by atoms with van der Waals surface area (Å²) < 4.78 is 0. The van der Waals surface area contributed by atoms with Crippen LogP contribution in [-0.4, -0.2) is 22.2 Å². The second-order valence-electron chi connectivity index (χ2n) is 11.1. The van der Waals surface area contributed by atoms with E-state index in [4.69, 9.17) is 10.2 Å². The maximum atomic E-state index is 10.3. The van der Waals surface area contributed by atoms with Crippen LogP contribution in [0.2, 0.25) is 0 Å². The SMILES string of the molecule is CCCCCCCC/C=C\CCCCCCCC(=O)O.CCCCCCCCCCCCCCCC(=O)O.[H-].[K+]. The number of carbonyl (C=O) groups is 2. The Bertz CT molecular complexity index is 514. The van der Waals surface area contributed by atoms with Crippen LogP contribution in [0, 0.1) is 0 Å². The minimum atomic E-state index is -0.664. The first-order valence-corrected chi connectivity index (χ1v) is 16.6. The second kappa shape index (κ2) is 40.5. The van der Waals surface area contributed by atoms with Crippen molar-refractivity contribution >= 4 is 11.9 Å². The largest absolute Gasteiger partial charge is 1.00 e. The molecule has 0 radical (unpaired) electrons. The molecule has 0 spiro atoms. The molecule has 39 heavy (non-hydrogen) atoms.